The number of benzene rings is 1. The van der Waals surface area contributed by atoms with Crippen molar-refractivity contribution in [3.8, 4) is 0 Å². The first-order valence-electron chi connectivity index (χ1n) is 4.96. The van der Waals surface area contributed by atoms with Gasteiger partial charge in [-0.1, -0.05) is 52.0 Å². The van der Waals surface area contributed by atoms with Gasteiger partial charge in [0.1, 0.15) is 0 Å². The standard InChI is InChI=1S/C12H18OSi/c1-9(12(2,3)4)10-7-5-6-8-11(10)14-13/h5-9,13H,1-4H3. The smallest absolute Gasteiger partial charge is 0.265 e. The zero-order chi connectivity index (χ0) is 10.8. The number of rotatable bonds is 2. The van der Waals surface area contributed by atoms with E-state index < -0.39 is 0 Å². The van der Waals surface area contributed by atoms with Crippen molar-refractivity contribution in [3.63, 3.8) is 0 Å². The molecule has 2 radical (unpaired) electrons. The Morgan fingerprint density at radius 2 is 1.79 bits per heavy atom. The van der Waals surface area contributed by atoms with Crippen LogP contribution in [-0.4, -0.2) is 14.6 Å². The summed E-state index contributed by atoms with van der Waals surface area (Å²) < 4.78 is 0. The van der Waals surface area contributed by atoms with Crippen LogP contribution in [-0.2, 0) is 0 Å². The lowest BCUT2D eigenvalue weighted by Crippen LogP contribution is -2.26. The van der Waals surface area contributed by atoms with Crippen LogP contribution in [0.2, 0.25) is 0 Å². The van der Waals surface area contributed by atoms with E-state index in [1.807, 2.05) is 18.2 Å². The van der Waals surface area contributed by atoms with Gasteiger partial charge in [0.15, 0.2) is 0 Å². The van der Waals surface area contributed by atoms with E-state index >= 15 is 0 Å². The molecule has 1 rings (SSSR count). The van der Waals surface area contributed by atoms with E-state index in [2.05, 4.69) is 33.8 Å². The summed E-state index contributed by atoms with van der Waals surface area (Å²) in [5.74, 6) is 0.471. The van der Waals surface area contributed by atoms with Gasteiger partial charge in [0.2, 0.25) is 0 Å². The molecule has 14 heavy (non-hydrogen) atoms. The van der Waals surface area contributed by atoms with Crippen molar-refractivity contribution in [2.24, 2.45) is 5.41 Å². The van der Waals surface area contributed by atoms with Crippen LogP contribution in [0.3, 0.4) is 0 Å². The number of hydrogen-bond donors (Lipinski definition) is 1. The molecule has 1 atom stereocenters. The average molecular weight is 206 g/mol. The van der Waals surface area contributed by atoms with E-state index in [1.165, 1.54) is 5.56 Å². The highest BCUT2D eigenvalue weighted by Crippen LogP contribution is 2.33. The highest BCUT2D eigenvalue weighted by molar-refractivity contribution is 6.46. The molecule has 1 N–H and O–H groups in total. The van der Waals surface area contributed by atoms with E-state index in [9.17, 15) is 4.80 Å². The highest BCUT2D eigenvalue weighted by atomic mass is 28.2. The second kappa shape index (κ2) is 4.28. The lowest BCUT2D eigenvalue weighted by atomic mass is 9.78. The van der Waals surface area contributed by atoms with Crippen LogP contribution in [0.25, 0.3) is 0 Å². The maximum atomic E-state index is 9.26. The molecule has 2 heteroatoms. The van der Waals surface area contributed by atoms with Crippen LogP contribution in [0.4, 0.5) is 0 Å². The Balaban J connectivity index is 3.06. The molecule has 0 heterocycles. The van der Waals surface area contributed by atoms with E-state index in [1.54, 1.807) is 0 Å². The first-order chi connectivity index (χ1) is 6.46. The van der Waals surface area contributed by atoms with Gasteiger partial charge in [-0.3, -0.25) is 0 Å². The van der Waals surface area contributed by atoms with Gasteiger partial charge in [0, 0.05) is 0 Å². The van der Waals surface area contributed by atoms with Gasteiger partial charge >= 0.3 is 0 Å². The van der Waals surface area contributed by atoms with Crippen molar-refractivity contribution in [2.45, 2.75) is 33.6 Å². The minimum Gasteiger partial charge on any atom is -0.428 e. The van der Waals surface area contributed by atoms with Crippen LogP contribution >= 0.6 is 0 Å². The Bertz CT molecular complexity index is 301. The summed E-state index contributed by atoms with van der Waals surface area (Å²) in [4.78, 5) is 9.26. The van der Waals surface area contributed by atoms with Gasteiger partial charge in [-0.2, -0.15) is 0 Å². The second-order valence-corrected chi connectivity index (χ2v) is 5.55. The molecule has 0 aromatic heterocycles. The summed E-state index contributed by atoms with van der Waals surface area (Å²) in [6.07, 6.45) is 0. The van der Waals surface area contributed by atoms with Gasteiger partial charge in [0.05, 0.1) is 0 Å². The second-order valence-electron chi connectivity index (χ2n) is 4.79. The van der Waals surface area contributed by atoms with Crippen molar-refractivity contribution in [3.05, 3.63) is 29.8 Å². The first kappa shape index (κ1) is 11.5. The van der Waals surface area contributed by atoms with Crippen molar-refractivity contribution >= 4 is 14.9 Å². The Hall–Kier alpha value is -0.603. The molecule has 0 fully saturated rings. The predicted molar refractivity (Wildman–Crippen MR) is 61.9 cm³/mol. The molecule has 1 aromatic rings. The monoisotopic (exact) mass is 206 g/mol. The Morgan fingerprint density at radius 3 is 2.29 bits per heavy atom. The molecule has 1 unspecified atom stereocenters. The zero-order valence-electron chi connectivity index (χ0n) is 9.33. The maximum Gasteiger partial charge on any atom is 0.265 e. The van der Waals surface area contributed by atoms with Gasteiger partial charge in [-0.15, -0.1) is 0 Å². The minimum absolute atomic E-state index is 0.0993. The Kier molecular flexibility index (Phi) is 3.51. The normalized spacial score (nSPS) is 14.1. The summed E-state index contributed by atoms with van der Waals surface area (Å²) in [6.45, 7) is 8.91. The van der Waals surface area contributed by atoms with Crippen molar-refractivity contribution < 1.29 is 4.80 Å². The summed E-state index contributed by atoms with van der Waals surface area (Å²) >= 11 is 0. The van der Waals surface area contributed by atoms with Gasteiger partial charge < -0.3 is 4.80 Å². The summed E-state index contributed by atoms with van der Waals surface area (Å²) in [5.41, 5.74) is 1.52. The van der Waals surface area contributed by atoms with E-state index in [0.717, 1.165) is 5.19 Å². The first-order valence-corrected chi connectivity index (χ1v) is 5.90. The lowest BCUT2D eigenvalue weighted by Gasteiger charge is -2.29. The van der Waals surface area contributed by atoms with Crippen molar-refractivity contribution in [1.29, 1.82) is 0 Å². The largest absolute Gasteiger partial charge is 0.428 e. The Morgan fingerprint density at radius 1 is 1.21 bits per heavy atom. The fourth-order valence-corrected chi connectivity index (χ4v) is 2.04. The summed E-state index contributed by atoms with van der Waals surface area (Å²) in [5, 5.41) is 1.08. The van der Waals surface area contributed by atoms with E-state index in [-0.39, 0.29) is 15.2 Å². The average Bonchev–Trinajstić information content (AvgIpc) is 2.15. The Labute approximate surface area is 89.1 Å². The van der Waals surface area contributed by atoms with Crippen LogP contribution in [0, 0.1) is 5.41 Å². The van der Waals surface area contributed by atoms with Crippen LogP contribution in [0.1, 0.15) is 39.2 Å². The quantitative estimate of drug-likeness (QED) is 0.735. The molecular formula is C12H18OSi. The van der Waals surface area contributed by atoms with Gasteiger partial charge in [0.25, 0.3) is 9.76 Å². The molecule has 0 aliphatic rings. The van der Waals surface area contributed by atoms with Gasteiger partial charge in [-0.05, 0) is 22.1 Å². The lowest BCUT2D eigenvalue weighted by molar-refractivity contribution is 0.340. The third kappa shape index (κ3) is 2.46. The molecule has 1 nitrogen and oxygen atoms in total. The van der Waals surface area contributed by atoms with Crippen LogP contribution in [0.15, 0.2) is 24.3 Å². The van der Waals surface area contributed by atoms with Crippen LogP contribution < -0.4 is 5.19 Å². The maximum absolute atomic E-state index is 9.26. The van der Waals surface area contributed by atoms with E-state index in [0.29, 0.717) is 5.92 Å². The molecule has 0 saturated heterocycles. The van der Waals surface area contributed by atoms with Gasteiger partial charge in [-0.25, -0.2) is 0 Å². The third-order valence-corrected chi connectivity index (χ3v) is 3.54. The molecule has 1 aromatic carbocycles. The van der Waals surface area contributed by atoms with Crippen molar-refractivity contribution in [1.82, 2.24) is 0 Å². The molecule has 0 aliphatic heterocycles. The molecular weight excluding hydrogens is 188 g/mol. The fraction of sp³-hybridized carbons (Fsp3) is 0.500. The fourth-order valence-electron chi connectivity index (χ4n) is 1.44. The third-order valence-electron chi connectivity index (χ3n) is 2.85. The molecule has 0 bridgehead atoms. The highest BCUT2D eigenvalue weighted by Gasteiger charge is 2.23. The van der Waals surface area contributed by atoms with Crippen molar-refractivity contribution in [2.75, 3.05) is 0 Å². The number of hydrogen-bond acceptors (Lipinski definition) is 1. The topological polar surface area (TPSA) is 20.2 Å². The molecule has 0 aliphatic carbocycles. The molecule has 0 spiro atoms. The van der Waals surface area contributed by atoms with Crippen LogP contribution in [0.5, 0.6) is 0 Å². The molecule has 0 amide bonds. The zero-order valence-corrected chi connectivity index (χ0v) is 10.3. The minimum atomic E-state index is -0.0993. The molecule has 0 saturated carbocycles. The molecule has 76 valence electrons. The predicted octanol–water partition coefficient (Wildman–Crippen LogP) is 2.07. The summed E-state index contributed by atoms with van der Waals surface area (Å²) in [7, 11) is -0.0993. The summed E-state index contributed by atoms with van der Waals surface area (Å²) in [6, 6.07) is 8.16. The van der Waals surface area contributed by atoms with E-state index in [4.69, 9.17) is 0 Å². The SMILES string of the molecule is CC(c1ccccc1[Si]O)C(C)(C)C.